The van der Waals surface area contributed by atoms with Gasteiger partial charge in [-0.05, 0) is 25.2 Å². The average Bonchev–Trinajstić information content (AvgIpc) is 2.81. The summed E-state index contributed by atoms with van der Waals surface area (Å²) in [6.45, 7) is 5.83. The van der Waals surface area contributed by atoms with Gasteiger partial charge in [0.05, 0.1) is 0 Å². The molecule has 1 aliphatic carbocycles. The first-order chi connectivity index (χ1) is 8.11. The first kappa shape index (κ1) is 12.3. The standard InChI is InChI=1S/C11H18N4OS/c1-4-12-11-14-13-9(17-11)10(16)15(3)6-8-5-7(8)2/h7-8H,4-6H2,1-3H3,(H,12,14). The van der Waals surface area contributed by atoms with Gasteiger partial charge in [0.1, 0.15) is 0 Å². The zero-order valence-electron chi connectivity index (χ0n) is 10.4. The fourth-order valence-corrected chi connectivity index (χ4v) is 2.59. The number of nitrogens with one attached hydrogen (secondary N) is 1. The van der Waals surface area contributed by atoms with Gasteiger partial charge in [0.15, 0.2) is 0 Å². The molecule has 1 saturated carbocycles. The van der Waals surface area contributed by atoms with Crippen molar-refractivity contribution in [2.75, 3.05) is 25.5 Å². The highest BCUT2D eigenvalue weighted by Gasteiger charge is 2.34. The quantitative estimate of drug-likeness (QED) is 0.869. The van der Waals surface area contributed by atoms with Gasteiger partial charge in [-0.25, -0.2) is 0 Å². The van der Waals surface area contributed by atoms with E-state index in [0.29, 0.717) is 16.1 Å². The van der Waals surface area contributed by atoms with E-state index in [1.165, 1.54) is 17.8 Å². The molecule has 1 aliphatic rings. The minimum absolute atomic E-state index is 0.0225. The summed E-state index contributed by atoms with van der Waals surface area (Å²) in [5, 5.41) is 12.1. The fourth-order valence-electron chi connectivity index (χ4n) is 1.78. The SMILES string of the molecule is CCNc1nnc(C(=O)N(C)CC2CC2C)s1. The molecule has 6 heteroatoms. The second-order valence-corrected chi connectivity index (χ2v) is 5.58. The Bertz CT molecular complexity index is 406. The molecule has 0 radical (unpaired) electrons. The Labute approximate surface area is 105 Å². The van der Waals surface area contributed by atoms with Gasteiger partial charge in [-0.2, -0.15) is 0 Å². The minimum Gasteiger partial charge on any atom is -0.360 e. The van der Waals surface area contributed by atoms with Crippen molar-refractivity contribution >= 4 is 22.4 Å². The Hall–Kier alpha value is -1.17. The van der Waals surface area contributed by atoms with Gasteiger partial charge in [0.2, 0.25) is 10.1 Å². The molecule has 0 aliphatic heterocycles. The van der Waals surface area contributed by atoms with Crippen LogP contribution in [0.4, 0.5) is 5.13 Å². The van der Waals surface area contributed by atoms with E-state index >= 15 is 0 Å². The van der Waals surface area contributed by atoms with E-state index in [0.717, 1.165) is 19.0 Å². The predicted octanol–water partition coefficient (Wildman–Crippen LogP) is 1.70. The van der Waals surface area contributed by atoms with Crippen LogP contribution in [0.1, 0.15) is 30.1 Å². The van der Waals surface area contributed by atoms with Crippen LogP contribution in [0.25, 0.3) is 0 Å². The normalized spacial score (nSPS) is 22.3. The number of amides is 1. The Kier molecular flexibility index (Phi) is 3.61. The number of hydrogen-bond acceptors (Lipinski definition) is 5. The van der Waals surface area contributed by atoms with Gasteiger partial charge < -0.3 is 10.2 Å². The molecule has 2 rings (SSSR count). The second-order valence-electron chi connectivity index (χ2n) is 4.60. The third-order valence-corrected chi connectivity index (χ3v) is 3.94. The summed E-state index contributed by atoms with van der Waals surface area (Å²) in [7, 11) is 1.84. The van der Waals surface area contributed by atoms with Gasteiger partial charge >= 0.3 is 0 Å². The lowest BCUT2D eigenvalue weighted by molar-refractivity contribution is 0.0786. The van der Waals surface area contributed by atoms with E-state index in [1.54, 1.807) is 4.90 Å². The maximum absolute atomic E-state index is 12.0. The van der Waals surface area contributed by atoms with Gasteiger partial charge in [0, 0.05) is 20.1 Å². The fraction of sp³-hybridized carbons (Fsp3) is 0.727. The molecule has 2 atom stereocenters. The molecular formula is C11H18N4OS. The Balaban J connectivity index is 1.93. The summed E-state index contributed by atoms with van der Waals surface area (Å²) < 4.78 is 0. The summed E-state index contributed by atoms with van der Waals surface area (Å²) in [5.41, 5.74) is 0. The minimum atomic E-state index is -0.0225. The second kappa shape index (κ2) is 5.00. The summed E-state index contributed by atoms with van der Waals surface area (Å²) in [6, 6.07) is 0. The lowest BCUT2D eigenvalue weighted by atomic mass is 10.3. The highest BCUT2D eigenvalue weighted by molar-refractivity contribution is 7.17. The molecule has 1 fully saturated rings. The van der Waals surface area contributed by atoms with Gasteiger partial charge in [-0.15, -0.1) is 10.2 Å². The first-order valence-corrected chi connectivity index (χ1v) is 6.76. The van der Waals surface area contributed by atoms with Gasteiger partial charge in [-0.1, -0.05) is 18.3 Å². The molecule has 0 saturated heterocycles. The lowest BCUT2D eigenvalue weighted by Crippen LogP contribution is -2.29. The highest BCUT2D eigenvalue weighted by Crippen LogP contribution is 2.38. The van der Waals surface area contributed by atoms with Crippen LogP contribution >= 0.6 is 11.3 Å². The molecule has 1 N–H and O–H groups in total. The average molecular weight is 254 g/mol. The maximum atomic E-state index is 12.0. The highest BCUT2D eigenvalue weighted by atomic mass is 32.1. The molecular weight excluding hydrogens is 236 g/mol. The summed E-state index contributed by atoms with van der Waals surface area (Å²) >= 11 is 1.32. The molecule has 1 heterocycles. The molecule has 5 nitrogen and oxygen atoms in total. The Morgan fingerprint density at radius 3 is 2.88 bits per heavy atom. The van der Waals surface area contributed by atoms with Crippen LogP contribution in [0.2, 0.25) is 0 Å². The molecule has 17 heavy (non-hydrogen) atoms. The monoisotopic (exact) mass is 254 g/mol. The molecule has 0 bridgehead atoms. The van der Waals surface area contributed by atoms with Crippen LogP contribution in [0.5, 0.6) is 0 Å². The Morgan fingerprint density at radius 1 is 1.59 bits per heavy atom. The third kappa shape index (κ3) is 2.94. The Morgan fingerprint density at radius 2 is 2.29 bits per heavy atom. The topological polar surface area (TPSA) is 58.1 Å². The number of rotatable bonds is 5. The van der Waals surface area contributed by atoms with Crippen LogP contribution in [-0.4, -0.2) is 41.1 Å². The van der Waals surface area contributed by atoms with E-state index in [2.05, 4.69) is 22.4 Å². The smallest absolute Gasteiger partial charge is 0.284 e. The van der Waals surface area contributed by atoms with Gasteiger partial charge in [0.25, 0.3) is 5.91 Å². The largest absolute Gasteiger partial charge is 0.360 e. The molecule has 2 unspecified atom stereocenters. The summed E-state index contributed by atoms with van der Waals surface area (Å²) in [6.07, 6.45) is 1.23. The number of carbonyl (C=O) groups excluding carboxylic acids is 1. The zero-order chi connectivity index (χ0) is 12.4. The van der Waals surface area contributed by atoms with Crippen molar-refractivity contribution < 1.29 is 4.79 Å². The van der Waals surface area contributed by atoms with E-state index in [-0.39, 0.29) is 5.91 Å². The number of aromatic nitrogens is 2. The van der Waals surface area contributed by atoms with E-state index < -0.39 is 0 Å². The molecule has 0 spiro atoms. The van der Waals surface area contributed by atoms with Crippen molar-refractivity contribution in [3.63, 3.8) is 0 Å². The van der Waals surface area contributed by atoms with Gasteiger partial charge in [-0.3, -0.25) is 4.79 Å². The van der Waals surface area contributed by atoms with Crippen molar-refractivity contribution in [2.45, 2.75) is 20.3 Å². The zero-order valence-corrected chi connectivity index (χ0v) is 11.3. The van der Waals surface area contributed by atoms with Crippen LogP contribution in [0, 0.1) is 11.8 Å². The van der Waals surface area contributed by atoms with Crippen molar-refractivity contribution in [2.24, 2.45) is 11.8 Å². The van der Waals surface area contributed by atoms with Crippen LogP contribution < -0.4 is 5.32 Å². The maximum Gasteiger partial charge on any atom is 0.284 e. The third-order valence-electron chi connectivity index (χ3n) is 3.07. The summed E-state index contributed by atoms with van der Waals surface area (Å²) in [4.78, 5) is 13.8. The molecule has 1 aromatic rings. The van der Waals surface area contributed by atoms with Crippen molar-refractivity contribution in [3.8, 4) is 0 Å². The van der Waals surface area contributed by atoms with Crippen molar-refractivity contribution in [1.29, 1.82) is 0 Å². The van der Waals surface area contributed by atoms with Crippen LogP contribution in [0.15, 0.2) is 0 Å². The lowest BCUT2D eigenvalue weighted by Gasteiger charge is -2.14. The number of anilines is 1. The molecule has 94 valence electrons. The van der Waals surface area contributed by atoms with E-state index in [1.807, 2.05) is 14.0 Å². The molecule has 1 amide bonds. The number of nitrogens with zero attached hydrogens (tertiary/aromatic N) is 3. The first-order valence-electron chi connectivity index (χ1n) is 5.94. The molecule has 1 aromatic heterocycles. The van der Waals surface area contributed by atoms with E-state index in [9.17, 15) is 4.79 Å². The molecule has 0 aromatic carbocycles. The summed E-state index contributed by atoms with van der Waals surface area (Å²) in [5.74, 6) is 1.41. The van der Waals surface area contributed by atoms with Crippen LogP contribution in [-0.2, 0) is 0 Å². The van der Waals surface area contributed by atoms with Crippen LogP contribution in [0.3, 0.4) is 0 Å². The van der Waals surface area contributed by atoms with Crippen molar-refractivity contribution in [3.05, 3.63) is 5.01 Å². The van der Waals surface area contributed by atoms with Crippen molar-refractivity contribution in [1.82, 2.24) is 15.1 Å². The predicted molar refractivity (Wildman–Crippen MR) is 68.3 cm³/mol. The number of hydrogen-bond donors (Lipinski definition) is 1. The number of carbonyl (C=O) groups is 1. The van der Waals surface area contributed by atoms with E-state index in [4.69, 9.17) is 0 Å².